The smallest absolute Gasteiger partial charge is 0.173 e. The summed E-state index contributed by atoms with van der Waals surface area (Å²) in [6, 6.07) is 18.0. The Bertz CT molecular complexity index is 1340. The SMILES string of the molecule is COc1ccc(Oc2cc(C(=N)N(C)C)ccc2-c2cc(CCC(=O)c3ccc(Cl)s3)on2)cc1. The van der Waals surface area contributed by atoms with Gasteiger partial charge in [-0.05, 0) is 48.5 Å². The van der Waals surface area contributed by atoms with Crippen LogP contribution in [0.15, 0.2) is 65.2 Å². The summed E-state index contributed by atoms with van der Waals surface area (Å²) in [5.41, 5.74) is 1.99. The average molecular weight is 510 g/mol. The molecule has 9 heteroatoms. The van der Waals surface area contributed by atoms with Gasteiger partial charge in [-0.1, -0.05) is 22.8 Å². The number of rotatable bonds is 9. The molecule has 0 radical (unpaired) electrons. The Morgan fingerprint density at radius 2 is 1.83 bits per heavy atom. The van der Waals surface area contributed by atoms with Crippen LogP contribution in [0.3, 0.4) is 0 Å². The van der Waals surface area contributed by atoms with Crippen LogP contribution in [0.5, 0.6) is 17.2 Å². The molecule has 4 rings (SSSR count). The van der Waals surface area contributed by atoms with Crippen molar-refractivity contribution < 1.29 is 18.8 Å². The number of aryl methyl sites for hydroxylation is 1. The van der Waals surface area contributed by atoms with Crippen molar-refractivity contribution in [1.29, 1.82) is 5.41 Å². The fraction of sp³-hybridized carbons (Fsp3) is 0.192. The number of thiophene rings is 1. The van der Waals surface area contributed by atoms with Crippen LogP contribution >= 0.6 is 22.9 Å². The molecular formula is C26H24ClN3O4S. The quantitative estimate of drug-likeness (QED) is 0.156. The van der Waals surface area contributed by atoms with E-state index in [2.05, 4.69) is 5.16 Å². The number of Topliss-reactive ketones (excluding diaryl/α,β-unsaturated/α-hetero) is 1. The molecule has 4 aromatic rings. The number of hydrogen-bond acceptors (Lipinski definition) is 7. The fourth-order valence-electron chi connectivity index (χ4n) is 3.38. The molecule has 2 aromatic heterocycles. The van der Waals surface area contributed by atoms with Gasteiger partial charge < -0.3 is 18.9 Å². The van der Waals surface area contributed by atoms with Crippen LogP contribution < -0.4 is 9.47 Å². The standard InChI is InChI=1S/C26H24ClN3O4S/c1-30(2)26(28)16-4-10-20(23(14-16)33-18-7-5-17(32-3)6-8-18)21-15-19(34-29-21)9-11-22(31)24-12-13-25(27)35-24/h4-8,10,12-15,28H,9,11H2,1-3H3. The van der Waals surface area contributed by atoms with Crippen molar-refractivity contribution in [2.24, 2.45) is 0 Å². The largest absolute Gasteiger partial charge is 0.497 e. The minimum absolute atomic E-state index is 0.00919. The molecule has 0 fully saturated rings. The Kier molecular flexibility index (Phi) is 7.53. The van der Waals surface area contributed by atoms with E-state index in [0.717, 1.165) is 5.75 Å². The second-order valence-electron chi connectivity index (χ2n) is 7.94. The summed E-state index contributed by atoms with van der Waals surface area (Å²) in [6.07, 6.45) is 0.707. The Morgan fingerprint density at radius 3 is 2.49 bits per heavy atom. The van der Waals surface area contributed by atoms with Crippen molar-refractivity contribution in [2.75, 3.05) is 21.2 Å². The molecule has 0 saturated carbocycles. The molecule has 35 heavy (non-hydrogen) atoms. The van der Waals surface area contributed by atoms with E-state index in [-0.39, 0.29) is 5.78 Å². The first-order chi connectivity index (χ1) is 16.8. The van der Waals surface area contributed by atoms with Gasteiger partial charge in [-0.2, -0.15) is 0 Å². The number of nitrogens with zero attached hydrogens (tertiary/aromatic N) is 2. The van der Waals surface area contributed by atoms with Crippen LogP contribution in [0.4, 0.5) is 0 Å². The maximum Gasteiger partial charge on any atom is 0.173 e. The number of carbonyl (C=O) groups is 1. The minimum Gasteiger partial charge on any atom is -0.497 e. The second kappa shape index (κ2) is 10.8. The predicted molar refractivity (Wildman–Crippen MR) is 138 cm³/mol. The van der Waals surface area contributed by atoms with Gasteiger partial charge in [0.25, 0.3) is 0 Å². The number of aromatic nitrogens is 1. The lowest BCUT2D eigenvalue weighted by atomic mass is 10.1. The van der Waals surface area contributed by atoms with Gasteiger partial charge in [0, 0.05) is 44.1 Å². The molecule has 7 nitrogen and oxygen atoms in total. The van der Waals surface area contributed by atoms with Crippen molar-refractivity contribution in [3.8, 4) is 28.5 Å². The Hall–Kier alpha value is -3.62. The van der Waals surface area contributed by atoms with Crippen LogP contribution in [0.1, 0.15) is 27.4 Å². The summed E-state index contributed by atoms with van der Waals surface area (Å²) in [4.78, 5) is 14.8. The van der Waals surface area contributed by atoms with Gasteiger partial charge in [-0.3, -0.25) is 10.2 Å². The van der Waals surface area contributed by atoms with Gasteiger partial charge in [0.15, 0.2) is 5.78 Å². The van der Waals surface area contributed by atoms with Gasteiger partial charge in [0.1, 0.15) is 34.5 Å². The lowest BCUT2D eigenvalue weighted by Crippen LogP contribution is -2.21. The van der Waals surface area contributed by atoms with Crippen LogP contribution in [-0.2, 0) is 6.42 Å². The Labute approximate surface area is 212 Å². The van der Waals surface area contributed by atoms with E-state index in [1.165, 1.54) is 11.3 Å². The van der Waals surface area contributed by atoms with Gasteiger partial charge in [0.05, 0.1) is 16.3 Å². The van der Waals surface area contributed by atoms with E-state index in [1.807, 2.05) is 56.6 Å². The first-order valence-corrected chi connectivity index (χ1v) is 12.0. The highest BCUT2D eigenvalue weighted by molar-refractivity contribution is 7.18. The van der Waals surface area contributed by atoms with Gasteiger partial charge in [-0.25, -0.2) is 0 Å². The monoisotopic (exact) mass is 509 g/mol. The number of carbonyl (C=O) groups excluding carboxylic acids is 1. The van der Waals surface area contributed by atoms with Gasteiger partial charge in [-0.15, -0.1) is 11.3 Å². The number of nitrogens with one attached hydrogen (secondary N) is 1. The number of halogens is 1. The number of methoxy groups -OCH3 is 1. The number of ketones is 1. The van der Waals surface area contributed by atoms with Crippen LogP contribution in [-0.4, -0.2) is 42.9 Å². The molecule has 0 aliphatic rings. The van der Waals surface area contributed by atoms with Crippen molar-refractivity contribution in [2.45, 2.75) is 12.8 Å². The van der Waals surface area contributed by atoms with E-state index in [4.69, 9.17) is 31.0 Å². The van der Waals surface area contributed by atoms with Gasteiger partial charge in [0.2, 0.25) is 0 Å². The summed E-state index contributed by atoms with van der Waals surface area (Å²) >= 11 is 7.20. The van der Waals surface area contributed by atoms with Crippen LogP contribution in [0.2, 0.25) is 4.34 Å². The Morgan fingerprint density at radius 1 is 1.09 bits per heavy atom. The number of ether oxygens (including phenoxy) is 2. The molecule has 0 aliphatic carbocycles. The maximum atomic E-state index is 12.4. The number of amidine groups is 1. The molecular weight excluding hydrogens is 486 g/mol. The molecule has 1 N–H and O–H groups in total. The van der Waals surface area contributed by atoms with E-state index < -0.39 is 0 Å². The van der Waals surface area contributed by atoms with Crippen molar-refractivity contribution in [3.63, 3.8) is 0 Å². The van der Waals surface area contributed by atoms with Crippen molar-refractivity contribution in [1.82, 2.24) is 10.1 Å². The van der Waals surface area contributed by atoms with Crippen molar-refractivity contribution >= 4 is 34.6 Å². The van der Waals surface area contributed by atoms with Crippen LogP contribution in [0.25, 0.3) is 11.3 Å². The summed E-state index contributed by atoms with van der Waals surface area (Å²) in [5.74, 6) is 2.82. The molecule has 0 aliphatic heterocycles. The zero-order valence-electron chi connectivity index (χ0n) is 19.5. The lowest BCUT2D eigenvalue weighted by molar-refractivity contribution is 0.0984. The number of benzene rings is 2. The summed E-state index contributed by atoms with van der Waals surface area (Å²) in [7, 11) is 5.24. The molecule has 0 bridgehead atoms. The van der Waals surface area contributed by atoms with Gasteiger partial charge >= 0.3 is 0 Å². The number of hydrogen-bond donors (Lipinski definition) is 1. The first-order valence-electron chi connectivity index (χ1n) is 10.8. The third kappa shape index (κ3) is 5.90. The summed E-state index contributed by atoms with van der Waals surface area (Å²) < 4.78 is 17.5. The van der Waals surface area contributed by atoms with E-state index in [0.29, 0.717) is 62.0 Å². The molecule has 180 valence electrons. The maximum absolute atomic E-state index is 12.4. The zero-order chi connectivity index (χ0) is 24.9. The molecule has 2 aromatic carbocycles. The normalized spacial score (nSPS) is 10.7. The van der Waals surface area contributed by atoms with E-state index in [1.54, 1.807) is 30.2 Å². The molecule has 0 unspecified atom stereocenters. The average Bonchev–Trinajstić information content (AvgIpc) is 3.51. The minimum atomic E-state index is 0.00919. The Balaban J connectivity index is 1.58. The molecule has 2 heterocycles. The molecule has 0 amide bonds. The summed E-state index contributed by atoms with van der Waals surface area (Å²) in [5, 5.41) is 12.6. The second-order valence-corrected chi connectivity index (χ2v) is 9.65. The summed E-state index contributed by atoms with van der Waals surface area (Å²) in [6.45, 7) is 0. The van der Waals surface area contributed by atoms with Crippen molar-refractivity contribution in [3.05, 3.63) is 81.2 Å². The fourth-order valence-corrected chi connectivity index (χ4v) is 4.39. The van der Waals surface area contributed by atoms with E-state index >= 15 is 0 Å². The highest BCUT2D eigenvalue weighted by Gasteiger charge is 2.17. The first kappa shape index (κ1) is 24.5. The lowest BCUT2D eigenvalue weighted by Gasteiger charge is -2.16. The molecule has 0 spiro atoms. The third-order valence-corrected chi connectivity index (χ3v) is 6.54. The highest BCUT2D eigenvalue weighted by atomic mass is 35.5. The van der Waals surface area contributed by atoms with E-state index in [9.17, 15) is 4.79 Å². The third-order valence-electron chi connectivity index (χ3n) is 5.27. The molecule has 0 atom stereocenters. The van der Waals surface area contributed by atoms with Crippen LogP contribution in [0, 0.1) is 5.41 Å². The zero-order valence-corrected chi connectivity index (χ0v) is 21.1. The highest BCUT2D eigenvalue weighted by Crippen LogP contribution is 2.35. The predicted octanol–water partition coefficient (Wildman–Crippen LogP) is 6.56. The topological polar surface area (TPSA) is 88.7 Å². The molecule has 0 saturated heterocycles.